The minimum Gasteiger partial charge on any atom is -0.479 e. The molecule has 0 amide bonds. The summed E-state index contributed by atoms with van der Waals surface area (Å²) in [5.74, 6) is -7.43. The van der Waals surface area contributed by atoms with Crippen LogP contribution < -0.4 is 14.2 Å². The lowest BCUT2D eigenvalue weighted by atomic mass is 9.94. The molecular weight excluding hydrogens is 1690 g/mol. The minimum atomic E-state index is -6.34. The normalized spacial score (nSPS) is 39.4. The molecule has 6 rings (SSSR count). The van der Waals surface area contributed by atoms with E-state index >= 15 is 0 Å². The van der Waals surface area contributed by atoms with Crippen molar-refractivity contribution in [2.24, 2.45) is 0 Å². The molecule has 0 radical (unpaired) electrons. The maximum atomic E-state index is 13.2. The lowest BCUT2D eigenvalue weighted by Crippen LogP contribution is -2.71. The van der Waals surface area contributed by atoms with Crippen LogP contribution in [0.15, 0.2) is 0 Å². The predicted octanol–water partition coefficient (Wildman–Crippen LogP) is -16.7. The number of ether oxygens (including phenoxy) is 11. The molecule has 6 fully saturated rings. The first-order valence-electron chi connectivity index (χ1n) is 27.3. The molecule has 0 aliphatic carbocycles. The highest BCUT2D eigenvalue weighted by molar-refractivity contribution is 7.84. The van der Waals surface area contributed by atoms with Gasteiger partial charge in [0.2, 0.25) is 0 Å². The van der Waals surface area contributed by atoms with E-state index in [0.29, 0.717) is 0 Å². The summed E-state index contributed by atoms with van der Waals surface area (Å²) in [7, 11) is -53.5. The summed E-state index contributed by atoms with van der Waals surface area (Å²) < 4.78 is 390. The second-order valence-electron chi connectivity index (χ2n) is 21.8. The van der Waals surface area contributed by atoms with Crippen molar-refractivity contribution in [3.63, 3.8) is 0 Å². The third-order valence-corrected chi connectivity index (χ3v) is 18.9. The summed E-state index contributed by atoms with van der Waals surface area (Å²) in [6.45, 7) is -5.54. The number of carbonyl (C=O) groups is 3. The fourth-order valence-electron chi connectivity index (χ4n) is 10.5. The zero-order chi connectivity index (χ0) is 80.8. The molecule has 6 saturated heterocycles. The Morgan fingerprint density at radius 3 is 0.821 bits per heavy atom. The smallest absolute Gasteiger partial charge is 0.397 e. The summed E-state index contributed by atoms with van der Waals surface area (Å²) in [6, 6.07) is -8.88. The van der Waals surface area contributed by atoms with Crippen LogP contribution in [0.5, 0.6) is 0 Å². The van der Waals surface area contributed by atoms with E-state index in [9.17, 15) is 183 Å². The molecule has 620 valence electrons. The van der Waals surface area contributed by atoms with E-state index in [1.54, 1.807) is 0 Å². The van der Waals surface area contributed by atoms with Gasteiger partial charge in [-0.1, -0.05) is 0 Å². The van der Waals surface area contributed by atoms with E-state index < -0.39 is 315 Å². The maximum Gasteiger partial charge on any atom is 0.397 e. The first kappa shape index (κ1) is 91.4. The van der Waals surface area contributed by atoms with Crippen LogP contribution in [-0.4, -0.2) is 395 Å². The molecule has 0 aromatic heterocycles. The van der Waals surface area contributed by atoms with Gasteiger partial charge in [0.1, 0.15) is 110 Å². The van der Waals surface area contributed by atoms with Gasteiger partial charge in [0.15, 0.2) is 74.4 Å². The molecule has 0 aromatic rings. The van der Waals surface area contributed by atoms with Gasteiger partial charge in [-0.3, -0.25) is 41.0 Å². The third-order valence-electron chi connectivity index (χ3n) is 14.5. The van der Waals surface area contributed by atoms with Crippen molar-refractivity contribution in [3.05, 3.63) is 0 Å². The van der Waals surface area contributed by atoms with E-state index in [1.807, 2.05) is 0 Å². The number of hydrogen-bond donors (Lipinski definition) is 23. The van der Waals surface area contributed by atoms with Crippen molar-refractivity contribution in [2.75, 3.05) is 19.8 Å². The van der Waals surface area contributed by atoms with Crippen LogP contribution in [0.4, 0.5) is 0 Å². The Hall–Kier alpha value is -3.52. The number of aliphatic carboxylic acids is 3. The molecule has 30 atom stereocenters. The first-order chi connectivity index (χ1) is 47.9. The summed E-state index contributed by atoms with van der Waals surface area (Å²) in [5.41, 5.74) is 0. The molecule has 6 heterocycles. The quantitative estimate of drug-likeness (QED) is 0.0266. The number of rotatable bonds is 34. The van der Waals surface area contributed by atoms with Crippen LogP contribution in [0.1, 0.15) is 0 Å². The van der Waals surface area contributed by atoms with Crippen LogP contribution >= 0.6 is 0 Å². The second-order valence-corrected chi connectivity index (χ2v) is 31.8. The summed E-state index contributed by atoms with van der Waals surface area (Å²) in [5, 5.41) is 121. The fraction of sp³-hybridized carbons (Fsp3) is 0.917. The zero-order valence-electron chi connectivity index (χ0n) is 50.6. The lowest BCUT2D eigenvalue weighted by Gasteiger charge is -2.50. The largest absolute Gasteiger partial charge is 0.479 e. The van der Waals surface area contributed by atoms with Crippen molar-refractivity contribution >= 4 is 111 Å². The van der Waals surface area contributed by atoms with Crippen molar-refractivity contribution < 1.29 is 264 Å². The number of nitrogens with one attached hydrogen (secondary N) is 3. The molecule has 70 heteroatoms. The van der Waals surface area contributed by atoms with E-state index in [2.05, 4.69) is 29.8 Å². The van der Waals surface area contributed by atoms with E-state index in [0.717, 1.165) is 9.44 Å². The average Bonchev–Trinajstić information content (AvgIpc) is 0.763. The van der Waals surface area contributed by atoms with Gasteiger partial charge in [-0.15, -0.1) is 0 Å². The number of carboxylic acid groups (broad SMARTS) is 3. The number of hydrogen-bond acceptors (Lipinski definition) is 46. The first-order valence-corrected chi connectivity index (χ1v) is 39.8. The van der Waals surface area contributed by atoms with Crippen molar-refractivity contribution in [2.45, 2.75) is 184 Å². The highest BCUT2D eigenvalue weighted by Crippen LogP contribution is 2.40. The lowest BCUT2D eigenvalue weighted by molar-refractivity contribution is -0.375. The van der Waals surface area contributed by atoms with E-state index in [1.165, 1.54) is 4.72 Å². The Bertz CT molecular complexity index is 4190. The molecule has 0 bridgehead atoms. The van der Waals surface area contributed by atoms with Gasteiger partial charge in [0.25, 0.3) is 0 Å². The topological polar surface area (TPSA) is 956 Å². The van der Waals surface area contributed by atoms with Crippen molar-refractivity contribution in [1.82, 2.24) is 14.2 Å². The molecule has 6 aliphatic heterocycles. The Kier molecular flexibility index (Phi) is 29.7. The van der Waals surface area contributed by atoms with Crippen LogP contribution in [-0.2, 0) is 185 Å². The maximum absolute atomic E-state index is 13.2. The second kappa shape index (κ2) is 34.4. The molecule has 0 saturated carbocycles. The van der Waals surface area contributed by atoms with Gasteiger partial charge in [0, 0.05) is 0 Å². The summed E-state index contributed by atoms with van der Waals surface area (Å²) in [6.07, 6.45) is -82.5. The summed E-state index contributed by atoms with van der Waals surface area (Å²) in [4.78, 5) is 38.4. The van der Waals surface area contributed by atoms with Gasteiger partial charge in [-0.2, -0.15) is 89.9 Å². The molecule has 0 spiro atoms. The fourth-order valence-corrected chi connectivity index (χ4v) is 14.6. The van der Waals surface area contributed by atoms with Crippen LogP contribution in [0.2, 0.25) is 0 Å². The molecule has 6 aliphatic rings. The van der Waals surface area contributed by atoms with Crippen LogP contribution in [0.3, 0.4) is 0 Å². The highest BCUT2D eigenvalue weighted by Gasteiger charge is 2.62. The number of aliphatic hydroxyl groups is 8. The zero-order valence-corrected chi connectivity index (χ0v) is 57.9. The molecule has 23 N–H and O–H groups in total. The predicted molar refractivity (Wildman–Crippen MR) is 301 cm³/mol. The minimum absolute atomic E-state index is 1.11. The van der Waals surface area contributed by atoms with Gasteiger partial charge < -0.3 is 108 Å². The number of aliphatic hydroxyl groups excluding tert-OH is 8. The monoisotopic (exact) mass is 1750 g/mol. The van der Waals surface area contributed by atoms with Gasteiger partial charge in [-0.25, -0.2) is 39.5 Å². The van der Waals surface area contributed by atoms with Gasteiger partial charge in [-0.05, 0) is 0 Å². The highest BCUT2D eigenvalue weighted by atomic mass is 32.3. The van der Waals surface area contributed by atoms with Gasteiger partial charge in [0.05, 0.1) is 19.8 Å². The molecule has 0 unspecified atom stereocenters. The van der Waals surface area contributed by atoms with E-state index in [-0.39, 0.29) is 0 Å². The van der Waals surface area contributed by atoms with Crippen molar-refractivity contribution in [3.8, 4) is 0 Å². The SMILES string of the molecule is O=C(O)[C@@H]1O[C@@H](O)[C@H](OS(=O)(=O)O)[C@@H](O)[C@@H]1O[C@H]1O[C@H](COS(=O)(=O)O)[C@@H](O[C@@H]2O[C@@H](C(=O)O)[C@@H](O[C@H]3O[C@H](COS(=O)(=O)O)[C@@H](O[C@@H]4O[C@@H](C(=O)O)[C@@H](O[C@H]5O[C@H](COS(=O)(=O)O)[C@@H](O)[C@H](O)[C@H]5NS(=O)(=O)O)[C@H](O)[C@H]4OS(=O)(=O)O)[C@H](O)[C@H]3NS(=O)(=O)O)[C@H](O)[C@H]2OS(=O)(=O)O)[C@H](O)[C@H]1NS(=O)(=O)O. The molecule has 0 aromatic carbocycles. The Balaban J connectivity index is 1.41. The third kappa shape index (κ3) is 25.8. The molecule has 106 heavy (non-hydrogen) atoms. The van der Waals surface area contributed by atoms with Crippen LogP contribution in [0.25, 0.3) is 0 Å². The Labute approximate surface area is 591 Å². The average molecular weight is 1750 g/mol. The van der Waals surface area contributed by atoms with Gasteiger partial charge >= 0.3 is 111 Å². The number of carboxylic acids is 3. The summed E-state index contributed by atoms with van der Waals surface area (Å²) >= 11 is 0. The Morgan fingerprint density at radius 1 is 0.283 bits per heavy atom. The van der Waals surface area contributed by atoms with E-state index in [4.69, 9.17) is 51.9 Å². The standard InChI is InChI=1S/C36H59N3O58S9/c40-10-4(1-81-101(63,64)65)84-32(7(11(10)41)37-98(54,55)56)91-20-15(45)23(96-105(75,76)77)35(93-26(20)29(49)50)89-18-6(3-83-103(69,70)71)86-34(9(13(18)43)39-100(60,61)62)92-21-16(46)24(97-106(78,79)80)36(94-27(21)30(51)52)88-17-5(2-82-102(66,67)68)85-33(8(12(17)42)38-99(57,58)59)90-19-14(44)22(95-104(72,73)74)31(53)87-25(19)28(47)48/h4-27,31-46,53H,1-3H2,(H,47,48)(H,49,50)(H,51,52)(H,54,55,56)(H,57,58,59)(H,60,61,62)(H,63,64,65)(H,66,67,68)(H,69,70,71)(H,72,73,74)(H,75,76,77)(H,78,79,80)/t4-,5-,6-,7-,8-,9-,10-,11-,12-,13-,14+,15+,16+,17-,18-,19+,20+,21+,22-,23-,24-,25-,26-,27-,31-,32-,33-,34-,35-,36-/m1/s1. The van der Waals surface area contributed by atoms with Crippen molar-refractivity contribution in [1.29, 1.82) is 0 Å². The Morgan fingerprint density at radius 2 is 0.538 bits per heavy atom. The molecular formula is C36H59N3O58S9. The van der Waals surface area contributed by atoms with Crippen LogP contribution in [0, 0.1) is 0 Å². The molecule has 61 nitrogen and oxygen atoms in total.